The molecule has 0 fully saturated rings. The van der Waals surface area contributed by atoms with E-state index in [9.17, 15) is 0 Å². The van der Waals surface area contributed by atoms with Crippen LogP contribution in [0.1, 0.15) is 22.3 Å². The number of aromatic nitrogens is 2. The molecule has 0 radical (unpaired) electrons. The van der Waals surface area contributed by atoms with Gasteiger partial charge in [-0.1, -0.05) is 152 Å². The summed E-state index contributed by atoms with van der Waals surface area (Å²) in [6, 6.07) is 60.3. The number of hydrogen-bond acceptors (Lipinski definition) is 4. The second-order valence-electron chi connectivity index (χ2n) is 13.2. The van der Waals surface area contributed by atoms with Crippen LogP contribution in [0.25, 0.3) is 65.2 Å². The van der Waals surface area contributed by atoms with Crippen LogP contribution in [0.5, 0.6) is 11.5 Å². The van der Waals surface area contributed by atoms with Crippen LogP contribution in [0, 0.1) is 0 Å². The van der Waals surface area contributed by atoms with E-state index in [1.165, 1.54) is 48.9 Å². The van der Waals surface area contributed by atoms with Gasteiger partial charge in [-0.3, -0.25) is 0 Å². The van der Waals surface area contributed by atoms with Gasteiger partial charge in [0.1, 0.15) is 11.5 Å². The van der Waals surface area contributed by atoms with Gasteiger partial charge in [0.15, 0.2) is 5.82 Å². The molecule has 9 aromatic rings. The molecule has 0 bridgehead atoms. The van der Waals surface area contributed by atoms with Crippen LogP contribution in [0.15, 0.2) is 170 Å². The first-order chi connectivity index (χ1) is 25.3. The smallest absolute Gasteiger partial charge is 0.160 e. The summed E-state index contributed by atoms with van der Waals surface area (Å²) >= 11 is 1.80. The largest absolute Gasteiger partial charge is 0.455 e. The maximum absolute atomic E-state index is 7.02. The van der Waals surface area contributed by atoms with E-state index < -0.39 is 5.41 Å². The van der Waals surface area contributed by atoms with E-state index in [0.29, 0.717) is 5.82 Å². The van der Waals surface area contributed by atoms with Gasteiger partial charge in [0.25, 0.3) is 0 Å². The molecule has 0 atom stereocenters. The van der Waals surface area contributed by atoms with Crippen LogP contribution in [-0.2, 0) is 5.41 Å². The molecule has 51 heavy (non-hydrogen) atoms. The number of fused-ring (bicyclic) bond motifs is 13. The summed E-state index contributed by atoms with van der Waals surface area (Å²) in [5.41, 5.74) is 11.9. The average molecular weight is 669 g/mol. The zero-order valence-electron chi connectivity index (χ0n) is 27.4. The Hall–Kier alpha value is -6.36. The molecule has 0 amide bonds. The van der Waals surface area contributed by atoms with Gasteiger partial charge in [0.05, 0.1) is 21.5 Å². The number of rotatable bonds is 3. The summed E-state index contributed by atoms with van der Waals surface area (Å²) in [7, 11) is 0. The van der Waals surface area contributed by atoms with Gasteiger partial charge in [-0.05, 0) is 40.5 Å². The van der Waals surface area contributed by atoms with Gasteiger partial charge < -0.3 is 4.74 Å². The molecule has 1 aliphatic heterocycles. The van der Waals surface area contributed by atoms with Crippen molar-refractivity contribution >= 4 is 31.5 Å². The van der Waals surface area contributed by atoms with Gasteiger partial charge in [-0.25, -0.2) is 9.97 Å². The molecular weight excluding hydrogens is 641 g/mol. The van der Waals surface area contributed by atoms with E-state index in [0.717, 1.165) is 44.3 Å². The van der Waals surface area contributed by atoms with Crippen LogP contribution in [-0.4, -0.2) is 9.97 Å². The van der Waals surface area contributed by atoms with Crippen molar-refractivity contribution in [2.24, 2.45) is 0 Å². The monoisotopic (exact) mass is 668 g/mol. The van der Waals surface area contributed by atoms with Gasteiger partial charge in [-0.15, -0.1) is 11.3 Å². The fourth-order valence-electron chi connectivity index (χ4n) is 8.47. The standard InChI is InChI=1S/C47H28N2OS/c1-3-14-29(15-4-1)39-28-40(49-46(48-39)30-16-5-2-6-17-30)33-20-13-25-42-43(33)34-26-27-38-44(45(34)51-42)50-41-24-12-11-23-37(41)47(38)35-21-9-7-18-31(35)32-19-8-10-22-36(32)47/h1-28H. The number of benzene rings is 7. The van der Waals surface area contributed by atoms with Crippen LogP contribution < -0.4 is 4.74 Å². The lowest BCUT2D eigenvalue weighted by Gasteiger charge is -2.39. The predicted octanol–water partition coefficient (Wildman–Crippen LogP) is 12.3. The van der Waals surface area contributed by atoms with Crippen LogP contribution >= 0.6 is 11.3 Å². The van der Waals surface area contributed by atoms with Crippen LogP contribution in [0.3, 0.4) is 0 Å². The molecule has 1 spiro atoms. The summed E-state index contributed by atoms with van der Waals surface area (Å²) in [6.45, 7) is 0. The Morgan fingerprint density at radius 2 is 1.08 bits per heavy atom. The lowest BCUT2D eigenvalue weighted by molar-refractivity contribution is 0.442. The highest BCUT2D eigenvalue weighted by Crippen LogP contribution is 2.63. The SMILES string of the molecule is c1ccc(-c2cc(-c3cccc4sc5c6c(ccc5c34)C3(c4ccccc4O6)c4ccccc4-c4ccccc43)nc(-c3ccccc3)n2)cc1. The highest BCUT2D eigenvalue weighted by molar-refractivity contribution is 7.26. The average Bonchev–Trinajstić information content (AvgIpc) is 3.73. The van der Waals surface area contributed by atoms with Crippen molar-refractivity contribution in [1.82, 2.24) is 9.97 Å². The molecule has 0 saturated carbocycles. The summed E-state index contributed by atoms with van der Waals surface area (Å²) in [5, 5.41) is 2.35. The normalized spacial score (nSPS) is 13.4. The van der Waals surface area contributed by atoms with E-state index in [4.69, 9.17) is 14.7 Å². The Balaban J connectivity index is 1.19. The van der Waals surface area contributed by atoms with E-state index in [1.54, 1.807) is 11.3 Å². The zero-order chi connectivity index (χ0) is 33.5. The van der Waals surface area contributed by atoms with E-state index in [1.807, 2.05) is 24.3 Å². The third-order valence-corrected chi connectivity index (χ3v) is 11.8. The van der Waals surface area contributed by atoms with Crippen molar-refractivity contribution < 1.29 is 4.74 Å². The summed E-state index contributed by atoms with van der Waals surface area (Å²) < 4.78 is 9.36. The van der Waals surface area contributed by atoms with Crippen molar-refractivity contribution in [2.45, 2.75) is 5.41 Å². The first-order valence-electron chi connectivity index (χ1n) is 17.2. The molecule has 238 valence electrons. The Kier molecular flexibility index (Phi) is 6.04. The Morgan fingerprint density at radius 1 is 0.471 bits per heavy atom. The lowest BCUT2D eigenvalue weighted by atomic mass is 9.66. The molecule has 11 rings (SSSR count). The second kappa shape index (κ2) is 10.8. The van der Waals surface area contributed by atoms with Crippen molar-refractivity contribution in [3.8, 4) is 56.5 Å². The number of thiophene rings is 1. The fraction of sp³-hybridized carbons (Fsp3) is 0.0213. The Labute approximate surface area is 299 Å². The molecule has 0 N–H and O–H groups in total. The summed E-state index contributed by atoms with van der Waals surface area (Å²) in [5.74, 6) is 2.54. The second-order valence-corrected chi connectivity index (χ2v) is 14.3. The van der Waals surface area contributed by atoms with Crippen molar-refractivity contribution in [2.75, 3.05) is 0 Å². The molecule has 0 unspecified atom stereocenters. The molecule has 0 saturated heterocycles. The molecule has 1 aliphatic carbocycles. The lowest BCUT2D eigenvalue weighted by Crippen LogP contribution is -2.32. The molecule has 3 nitrogen and oxygen atoms in total. The maximum atomic E-state index is 7.02. The van der Waals surface area contributed by atoms with Crippen molar-refractivity contribution in [3.05, 3.63) is 192 Å². The maximum Gasteiger partial charge on any atom is 0.160 e. The Bertz CT molecular complexity index is 2740. The minimum Gasteiger partial charge on any atom is -0.455 e. The van der Waals surface area contributed by atoms with Gasteiger partial charge in [0, 0.05) is 43.3 Å². The van der Waals surface area contributed by atoms with E-state index >= 15 is 0 Å². The predicted molar refractivity (Wildman–Crippen MR) is 209 cm³/mol. The van der Waals surface area contributed by atoms with Gasteiger partial charge in [-0.2, -0.15) is 0 Å². The molecule has 4 heteroatoms. The van der Waals surface area contributed by atoms with Gasteiger partial charge in [0.2, 0.25) is 0 Å². The summed E-state index contributed by atoms with van der Waals surface area (Å²) in [4.78, 5) is 10.3. The molecular formula is C47H28N2OS. The van der Waals surface area contributed by atoms with Gasteiger partial charge >= 0.3 is 0 Å². The Morgan fingerprint density at radius 3 is 1.82 bits per heavy atom. The third-order valence-electron chi connectivity index (χ3n) is 10.6. The first-order valence-corrected chi connectivity index (χ1v) is 18.1. The topological polar surface area (TPSA) is 35.0 Å². The molecule has 2 aliphatic rings. The number of para-hydroxylation sites is 1. The first kappa shape index (κ1) is 28.5. The summed E-state index contributed by atoms with van der Waals surface area (Å²) in [6.07, 6.45) is 0. The van der Waals surface area contributed by atoms with E-state index in [-0.39, 0.29) is 0 Å². The highest BCUT2D eigenvalue weighted by atomic mass is 32.1. The fourth-order valence-corrected chi connectivity index (χ4v) is 9.68. The third kappa shape index (κ3) is 3.99. The number of hydrogen-bond donors (Lipinski definition) is 0. The van der Waals surface area contributed by atoms with Crippen molar-refractivity contribution in [1.29, 1.82) is 0 Å². The quantitative estimate of drug-likeness (QED) is 0.188. The minimum atomic E-state index is -0.494. The zero-order valence-corrected chi connectivity index (χ0v) is 28.2. The van der Waals surface area contributed by atoms with E-state index in [2.05, 4.69) is 146 Å². The molecule has 2 aromatic heterocycles. The minimum absolute atomic E-state index is 0.494. The highest BCUT2D eigenvalue weighted by Gasteiger charge is 2.51. The van der Waals surface area contributed by atoms with Crippen LogP contribution in [0.4, 0.5) is 0 Å². The number of ether oxygens (including phenoxy) is 1. The van der Waals surface area contributed by atoms with Crippen molar-refractivity contribution in [3.63, 3.8) is 0 Å². The molecule has 3 heterocycles. The molecule has 7 aromatic carbocycles. The van der Waals surface area contributed by atoms with Crippen LogP contribution in [0.2, 0.25) is 0 Å². The number of nitrogens with zero attached hydrogens (tertiary/aromatic N) is 2.